The van der Waals surface area contributed by atoms with Crippen LogP contribution in [0, 0.1) is 10.1 Å². The minimum atomic E-state index is -3.72. The lowest BCUT2D eigenvalue weighted by Crippen LogP contribution is -2.13. The molecule has 0 aliphatic rings. The molecule has 0 aromatic heterocycles. The van der Waals surface area contributed by atoms with E-state index in [1.807, 2.05) is 0 Å². The fourth-order valence-corrected chi connectivity index (χ4v) is 2.84. The van der Waals surface area contributed by atoms with E-state index in [-0.39, 0.29) is 22.0 Å². The molecule has 0 aliphatic carbocycles. The molecule has 2 aromatic rings. The first-order valence-corrected chi connectivity index (χ1v) is 7.46. The van der Waals surface area contributed by atoms with Gasteiger partial charge in [-0.15, -0.1) is 0 Å². The minimum absolute atomic E-state index is 0.120. The van der Waals surface area contributed by atoms with E-state index in [2.05, 4.69) is 10.0 Å². The molecule has 0 bridgehead atoms. The van der Waals surface area contributed by atoms with Crippen molar-refractivity contribution in [3.63, 3.8) is 0 Å². The Hall–Kier alpha value is -2.61. The number of hydrogen-bond acceptors (Lipinski definition) is 5. The highest BCUT2D eigenvalue weighted by molar-refractivity contribution is 7.92. The highest BCUT2D eigenvalue weighted by Crippen LogP contribution is 2.28. The Morgan fingerprint density at radius 1 is 1.10 bits per heavy atom. The number of nitrogens with one attached hydrogen (secondary N) is 2. The van der Waals surface area contributed by atoms with Crippen molar-refractivity contribution in [3.05, 3.63) is 58.6 Å². The molecule has 2 N–H and O–H groups in total. The van der Waals surface area contributed by atoms with Crippen LogP contribution in [0.5, 0.6) is 0 Å². The van der Waals surface area contributed by atoms with Gasteiger partial charge >= 0.3 is 0 Å². The summed E-state index contributed by atoms with van der Waals surface area (Å²) in [6.45, 7) is 0. The largest absolute Gasteiger partial charge is 0.383 e. The van der Waals surface area contributed by atoms with Gasteiger partial charge in [0.2, 0.25) is 0 Å². The zero-order chi connectivity index (χ0) is 15.5. The van der Waals surface area contributed by atoms with Gasteiger partial charge in [-0.05, 0) is 24.3 Å². The van der Waals surface area contributed by atoms with Crippen LogP contribution >= 0.6 is 0 Å². The average molecular weight is 307 g/mol. The van der Waals surface area contributed by atoms with Crippen LogP contribution in [-0.4, -0.2) is 20.4 Å². The maximum absolute atomic E-state index is 12.2. The number of benzene rings is 2. The monoisotopic (exact) mass is 307 g/mol. The predicted molar refractivity (Wildman–Crippen MR) is 79.9 cm³/mol. The molecule has 0 heterocycles. The van der Waals surface area contributed by atoms with Crippen LogP contribution in [-0.2, 0) is 10.0 Å². The molecule has 0 radical (unpaired) electrons. The molecule has 0 aliphatic heterocycles. The number of nitrogens with zero attached hydrogens (tertiary/aromatic N) is 1. The van der Waals surface area contributed by atoms with E-state index >= 15 is 0 Å². The number of anilines is 2. The van der Waals surface area contributed by atoms with Gasteiger partial charge in [0.1, 0.15) is 5.69 Å². The molecular weight excluding hydrogens is 294 g/mol. The quantitative estimate of drug-likeness (QED) is 0.652. The van der Waals surface area contributed by atoms with Gasteiger partial charge in [-0.2, -0.15) is 0 Å². The van der Waals surface area contributed by atoms with E-state index in [0.717, 1.165) is 0 Å². The topological polar surface area (TPSA) is 101 Å². The second-order valence-electron chi connectivity index (χ2n) is 4.16. The van der Waals surface area contributed by atoms with Gasteiger partial charge < -0.3 is 5.32 Å². The third-order valence-corrected chi connectivity index (χ3v) is 4.17. The Labute approximate surface area is 121 Å². The number of sulfonamides is 1. The van der Waals surface area contributed by atoms with Gasteiger partial charge in [0.15, 0.2) is 0 Å². The Kier molecular flexibility index (Phi) is 4.08. The van der Waals surface area contributed by atoms with Crippen molar-refractivity contribution in [3.8, 4) is 0 Å². The highest BCUT2D eigenvalue weighted by Gasteiger charge is 2.17. The molecule has 0 saturated heterocycles. The van der Waals surface area contributed by atoms with E-state index in [9.17, 15) is 18.5 Å². The van der Waals surface area contributed by atoms with Crippen LogP contribution in [0.1, 0.15) is 0 Å². The first kappa shape index (κ1) is 14.8. The number of nitro benzene ring substituents is 1. The van der Waals surface area contributed by atoms with Crippen LogP contribution in [0.25, 0.3) is 0 Å². The predicted octanol–water partition coefficient (Wildman–Crippen LogP) is 2.44. The summed E-state index contributed by atoms with van der Waals surface area (Å²) in [4.78, 5) is 10.4. The van der Waals surface area contributed by atoms with Crippen LogP contribution in [0.15, 0.2) is 53.4 Å². The van der Waals surface area contributed by atoms with Crippen LogP contribution in [0.3, 0.4) is 0 Å². The smallest absolute Gasteiger partial charge is 0.292 e. The average Bonchev–Trinajstić information content (AvgIpc) is 2.47. The van der Waals surface area contributed by atoms with Gasteiger partial charge in [-0.1, -0.05) is 18.2 Å². The second kappa shape index (κ2) is 5.80. The molecule has 0 spiro atoms. The molecule has 21 heavy (non-hydrogen) atoms. The van der Waals surface area contributed by atoms with Crippen LogP contribution in [0.4, 0.5) is 17.1 Å². The summed E-state index contributed by atoms with van der Waals surface area (Å²) in [6.07, 6.45) is 0. The van der Waals surface area contributed by atoms with Crippen molar-refractivity contribution < 1.29 is 13.3 Å². The Balaban J connectivity index is 2.34. The molecule has 2 rings (SSSR count). The molecule has 0 amide bonds. The number of rotatable bonds is 5. The molecule has 0 saturated carbocycles. The molecular formula is C13H13N3O4S. The van der Waals surface area contributed by atoms with Crippen molar-refractivity contribution in [2.75, 3.05) is 17.1 Å². The van der Waals surface area contributed by atoms with E-state index in [1.165, 1.54) is 37.4 Å². The van der Waals surface area contributed by atoms with Gasteiger partial charge in [-0.3, -0.25) is 14.8 Å². The Morgan fingerprint density at radius 2 is 1.76 bits per heavy atom. The number of hydrogen-bond donors (Lipinski definition) is 2. The van der Waals surface area contributed by atoms with E-state index in [0.29, 0.717) is 0 Å². The SMILES string of the molecule is CNc1cc(NS(=O)(=O)c2ccccc2)ccc1[N+](=O)[O-]. The minimum Gasteiger partial charge on any atom is -0.383 e. The summed E-state index contributed by atoms with van der Waals surface area (Å²) < 4.78 is 26.7. The van der Waals surface area contributed by atoms with Crippen molar-refractivity contribution in [2.45, 2.75) is 4.90 Å². The number of nitro groups is 1. The van der Waals surface area contributed by atoms with E-state index < -0.39 is 14.9 Å². The third-order valence-electron chi connectivity index (χ3n) is 2.77. The maximum atomic E-state index is 12.2. The highest BCUT2D eigenvalue weighted by atomic mass is 32.2. The molecule has 2 aromatic carbocycles. The van der Waals surface area contributed by atoms with Crippen molar-refractivity contribution in [1.82, 2.24) is 0 Å². The lowest BCUT2D eigenvalue weighted by atomic mass is 10.2. The standard InChI is InChI=1S/C13H13N3O4S/c1-14-12-9-10(7-8-13(12)16(17)18)15-21(19,20)11-5-3-2-4-6-11/h2-9,14-15H,1H3. The fraction of sp³-hybridized carbons (Fsp3) is 0.0769. The van der Waals surface area contributed by atoms with Crippen LogP contribution < -0.4 is 10.0 Å². The van der Waals surface area contributed by atoms with E-state index in [4.69, 9.17) is 0 Å². The molecule has 7 nitrogen and oxygen atoms in total. The zero-order valence-electron chi connectivity index (χ0n) is 11.1. The first-order chi connectivity index (χ1) is 9.94. The normalized spacial score (nSPS) is 10.9. The van der Waals surface area contributed by atoms with Gasteiger partial charge in [0, 0.05) is 13.1 Å². The molecule has 8 heteroatoms. The molecule has 0 fully saturated rings. The summed E-state index contributed by atoms with van der Waals surface area (Å²) >= 11 is 0. The summed E-state index contributed by atoms with van der Waals surface area (Å²) in [6, 6.07) is 11.8. The summed E-state index contributed by atoms with van der Waals surface area (Å²) in [5.41, 5.74) is 0.349. The maximum Gasteiger partial charge on any atom is 0.292 e. The summed E-state index contributed by atoms with van der Waals surface area (Å²) in [5, 5.41) is 13.5. The molecule has 110 valence electrons. The van der Waals surface area contributed by atoms with Gasteiger partial charge in [-0.25, -0.2) is 8.42 Å². The lowest BCUT2D eigenvalue weighted by Gasteiger charge is -2.09. The second-order valence-corrected chi connectivity index (χ2v) is 5.84. The third kappa shape index (κ3) is 3.29. The Bertz CT molecular complexity index is 760. The first-order valence-electron chi connectivity index (χ1n) is 5.98. The van der Waals surface area contributed by atoms with Gasteiger partial charge in [0.25, 0.3) is 15.7 Å². The van der Waals surface area contributed by atoms with Crippen molar-refractivity contribution in [2.24, 2.45) is 0 Å². The lowest BCUT2D eigenvalue weighted by molar-refractivity contribution is -0.383. The fourth-order valence-electron chi connectivity index (χ4n) is 1.77. The van der Waals surface area contributed by atoms with Crippen LogP contribution in [0.2, 0.25) is 0 Å². The molecule has 0 atom stereocenters. The van der Waals surface area contributed by atoms with Crippen molar-refractivity contribution in [1.29, 1.82) is 0 Å². The summed E-state index contributed by atoms with van der Waals surface area (Å²) in [7, 11) is -2.19. The van der Waals surface area contributed by atoms with Crippen molar-refractivity contribution >= 4 is 27.1 Å². The zero-order valence-corrected chi connectivity index (χ0v) is 11.9. The molecule has 0 unspecified atom stereocenters. The van der Waals surface area contributed by atoms with E-state index in [1.54, 1.807) is 18.2 Å². The van der Waals surface area contributed by atoms with Gasteiger partial charge in [0.05, 0.1) is 15.5 Å². The summed E-state index contributed by atoms with van der Waals surface area (Å²) in [5.74, 6) is 0. The Morgan fingerprint density at radius 3 is 2.33 bits per heavy atom.